The molecule has 0 bridgehead atoms. The zero-order valence-corrected chi connectivity index (χ0v) is 6.92. The Labute approximate surface area is 70.8 Å². The summed E-state index contributed by atoms with van der Waals surface area (Å²) in [5, 5.41) is 8.68. The van der Waals surface area contributed by atoms with Crippen LogP contribution in [0.5, 0.6) is 0 Å². The molecule has 0 amide bonds. The highest BCUT2D eigenvalue weighted by Gasteiger charge is 2.04. The van der Waals surface area contributed by atoms with Crippen LogP contribution in [0.15, 0.2) is 18.2 Å². The fourth-order valence-electron chi connectivity index (χ4n) is 0.975. The van der Waals surface area contributed by atoms with E-state index >= 15 is 0 Å². The number of rotatable bonds is 2. The molecule has 1 aromatic carbocycles. The molecule has 1 atom stereocenters. The Morgan fingerprint density at radius 3 is 2.67 bits per heavy atom. The number of nitrogens with two attached hydrogens (primary N) is 1. The second-order valence-corrected chi connectivity index (χ2v) is 2.80. The number of aliphatic hydroxyl groups is 1. The lowest BCUT2D eigenvalue weighted by atomic mass is 10.1. The lowest BCUT2D eigenvalue weighted by Gasteiger charge is -2.06. The van der Waals surface area contributed by atoms with Crippen LogP contribution in [0.2, 0.25) is 0 Å². The summed E-state index contributed by atoms with van der Waals surface area (Å²) in [6.07, 6.45) is 0. The van der Waals surface area contributed by atoms with E-state index in [1.165, 1.54) is 6.07 Å². The summed E-state index contributed by atoms with van der Waals surface area (Å²) < 4.78 is 13.0. The van der Waals surface area contributed by atoms with Gasteiger partial charge in [0.2, 0.25) is 0 Å². The van der Waals surface area contributed by atoms with E-state index in [9.17, 15) is 4.39 Å². The average Bonchev–Trinajstić information content (AvgIpc) is 2.04. The Balaban J connectivity index is 3.02. The SMILES string of the molecule is C[C@H](N)c1ccc(CO)c(F)c1. The molecule has 0 fully saturated rings. The van der Waals surface area contributed by atoms with Crippen molar-refractivity contribution >= 4 is 0 Å². The van der Waals surface area contributed by atoms with Crippen LogP contribution in [-0.4, -0.2) is 5.11 Å². The molecular formula is C9H12FNO. The molecule has 3 heteroatoms. The van der Waals surface area contributed by atoms with Gasteiger partial charge in [-0.1, -0.05) is 12.1 Å². The maximum Gasteiger partial charge on any atom is 0.129 e. The predicted molar refractivity (Wildman–Crippen MR) is 44.9 cm³/mol. The molecule has 66 valence electrons. The van der Waals surface area contributed by atoms with E-state index in [0.717, 1.165) is 5.56 Å². The number of benzene rings is 1. The zero-order chi connectivity index (χ0) is 9.14. The average molecular weight is 169 g/mol. The van der Waals surface area contributed by atoms with Gasteiger partial charge in [-0.05, 0) is 18.6 Å². The maximum atomic E-state index is 13.0. The van der Waals surface area contributed by atoms with Crippen LogP contribution in [-0.2, 0) is 6.61 Å². The van der Waals surface area contributed by atoms with Crippen LogP contribution < -0.4 is 5.73 Å². The number of aliphatic hydroxyl groups excluding tert-OH is 1. The highest BCUT2D eigenvalue weighted by Crippen LogP contribution is 2.14. The quantitative estimate of drug-likeness (QED) is 0.701. The number of hydrogen-bond donors (Lipinski definition) is 2. The summed E-state index contributed by atoms with van der Waals surface area (Å²) in [6, 6.07) is 4.45. The molecule has 0 aliphatic rings. The van der Waals surface area contributed by atoms with E-state index in [-0.39, 0.29) is 12.6 Å². The molecule has 1 aromatic rings. The summed E-state index contributed by atoms with van der Waals surface area (Å²) in [4.78, 5) is 0. The molecule has 0 saturated heterocycles. The Hall–Kier alpha value is -0.930. The first-order chi connectivity index (χ1) is 5.65. The fourth-order valence-corrected chi connectivity index (χ4v) is 0.975. The van der Waals surface area contributed by atoms with Crippen molar-refractivity contribution in [1.29, 1.82) is 0 Å². The smallest absolute Gasteiger partial charge is 0.129 e. The van der Waals surface area contributed by atoms with Gasteiger partial charge >= 0.3 is 0 Å². The third kappa shape index (κ3) is 1.81. The van der Waals surface area contributed by atoms with Crippen molar-refractivity contribution in [3.8, 4) is 0 Å². The third-order valence-electron chi connectivity index (χ3n) is 1.77. The molecule has 0 saturated carbocycles. The highest BCUT2D eigenvalue weighted by molar-refractivity contribution is 5.25. The molecule has 0 aromatic heterocycles. The van der Waals surface area contributed by atoms with Gasteiger partial charge in [0.25, 0.3) is 0 Å². The van der Waals surface area contributed by atoms with Gasteiger partial charge in [0.1, 0.15) is 5.82 Å². The van der Waals surface area contributed by atoms with E-state index in [4.69, 9.17) is 10.8 Å². The van der Waals surface area contributed by atoms with Crippen molar-refractivity contribution in [2.75, 3.05) is 0 Å². The van der Waals surface area contributed by atoms with Crippen LogP contribution in [0.4, 0.5) is 4.39 Å². The summed E-state index contributed by atoms with van der Waals surface area (Å²) >= 11 is 0. The Kier molecular flexibility index (Phi) is 2.78. The first kappa shape index (κ1) is 9.16. The fraction of sp³-hybridized carbons (Fsp3) is 0.333. The summed E-state index contributed by atoms with van der Waals surface area (Å²) in [5.41, 5.74) is 6.59. The molecule has 0 aliphatic heterocycles. The molecule has 0 heterocycles. The highest BCUT2D eigenvalue weighted by atomic mass is 19.1. The lowest BCUT2D eigenvalue weighted by Crippen LogP contribution is -2.05. The molecule has 0 radical (unpaired) electrons. The van der Waals surface area contributed by atoms with E-state index < -0.39 is 5.82 Å². The molecule has 12 heavy (non-hydrogen) atoms. The van der Waals surface area contributed by atoms with Crippen molar-refractivity contribution in [1.82, 2.24) is 0 Å². The zero-order valence-electron chi connectivity index (χ0n) is 6.92. The van der Waals surface area contributed by atoms with Gasteiger partial charge in [0.05, 0.1) is 6.61 Å². The summed E-state index contributed by atoms with van der Waals surface area (Å²) in [6.45, 7) is 1.51. The first-order valence-electron chi connectivity index (χ1n) is 3.80. The minimum Gasteiger partial charge on any atom is -0.392 e. The van der Waals surface area contributed by atoms with Gasteiger partial charge in [-0.3, -0.25) is 0 Å². The van der Waals surface area contributed by atoms with Crippen molar-refractivity contribution in [2.45, 2.75) is 19.6 Å². The van der Waals surface area contributed by atoms with E-state index in [0.29, 0.717) is 5.56 Å². The van der Waals surface area contributed by atoms with Gasteiger partial charge in [0.15, 0.2) is 0 Å². The third-order valence-corrected chi connectivity index (χ3v) is 1.77. The van der Waals surface area contributed by atoms with E-state index in [1.54, 1.807) is 19.1 Å². The second-order valence-electron chi connectivity index (χ2n) is 2.80. The van der Waals surface area contributed by atoms with Gasteiger partial charge in [0, 0.05) is 11.6 Å². The monoisotopic (exact) mass is 169 g/mol. The van der Waals surface area contributed by atoms with Gasteiger partial charge in [-0.15, -0.1) is 0 Å². The van der Waals surface area contributed by atoms with Crippen molar-refractivity contribution in [3.05, 3.63) is 35.1 Å². The van der Waals surface area contributed by atoms with Crippen LogP contribution >= 0.6 is 0 Å². The number of halogens is 1. The van der Waals surface area contributed by atoms with Crippen LogP contribution in [0.1, 0.15) is 24.1 Å². The second kappa shape index (κ2) is 3.65. The van der Waals surface area contributed by atoms with Crippen LogP contribution in [0.3, 0.4) is 0 Å². The molecule has 0 spiro atoms. The molecule has 1 rings (SSSR count). The minimum absolute atomic E-state index is 0.174. The van der Waals surface area contributed by atoms with Crippen LogP contribution in [0, 0.1) is 5.82 Å². The topological polar surface area (TPSA) is 46.2 Å². The Bertz CT molecular complexity index is 273. The Morgan fingerprint density at radius 1 is 1.58 bits per heavy atom. The summed E-state index contributed by atoms with van der Waals surface area (Å²) in [7, 11) is 0. The van der Waals surface area contributed by atoms with Crippen molar-refractivity contribution in [2.24, 2.45) is 5.73 Å². The molecule has 2 nitrogen and oxygen atoms in total. The van der Waals surface area contributed by atoms with Crippen molar-refractivity contribution in [3.63, 3.8) is 0 Å². The van der Waals surface area contributed by atoms with Crippen LogP contribution in [0.25, 0.3) is 0 Å². The molecule has 0 aliphatic carbocycles. The van der Waals surface area contributed by atoms with Gasteiger partial charge in [-0.25, -0.2) is 4.39 Å². The standard InChI is InChI=1S/C9H12FNO/c1-6(11)7-2-3-8(5-12)9(10)4-7/h2-4,6,12H,5,11H2,1H3/t6-/m0/s1. The molecule has 3 N–H and O–H groups in total. The summed E-state index contributed by atoms with van der Waals surface area (Å²) in [5.74, 6) is -0.396. The van der Waals surface area contributed by atoms with E-state index in [2.05, 4.69) is 0 Å². The number of hydrogen-bond acceptors (Lipinski definition) is 2. The lowest BCUT2D eigenvalue weighted by molar-refractivity contribution is 0.275. The van der Waals surface area contributed by atoms with Gasteiger partial charge in [-0.2, -0.15) is 0 Å². The molecular weight excluding hydrogens is 157 g/mol. The normalized spacial score (nSPS) is 13.0. The first-order valence-corrected chi connectivity index (χ1v) is 3.80. The maximum absolute atomic E-state index is 13.0. The van der Waals surface area contributed by atoms with Gasteiger partial charge < -0.3 is 10.8 Å². The predicted octanol–water partition coefficient (Wildman–Crippen LogP) is 1.34. The Morgan fingerprint density at radius 2 is 2.25 bits per heavy atom. The largest absolute Gasteiger partial charge is 0.392 e. The minimum atomic E-state index is -0.396. The molecule has 0 unspecified atom stereocenters. The van der Waals surface area contributed by atoms with Crippen molar-refractivity contribution < 1.29 is 9.50 Å². The van der Waals surface area contributed by atoms with E-state index in [1.807, 2.05) is 0 Å².